The first-order valence-corrected chi connectivity index (χ1v) is 13.4. The van der Waals surface area contributed by atoms with Gasteiger partial charge in [-0.25, -0.2) is 14.1 Å². The number of anilines is 1. The molecule has 2 aromatic heterocycles. The first-order valence-electron chi connectivity index (χ1n) is 12.6. The minimum Gasteiger partial charge on any atom is -0.365 e. The summed E-state index contributed by atoms with van der Waals surface area (Å²) in [5, 5.41) is 5.41. The second kappa shape index (κ2) is 10.8. The Morgan fingerprint density at radius 2 is 1.79 bits per heavy atom. The van der Waals surface area contributed by atoms with Crippen molar-refractivity contribution in [3.05, 3.63) is 106 Å². The van der Waals surface area contributed by atoms with Crippen LogP contribution in [0.25, 0.3) is 16.6 Å². The zero-order chi connectivity index (χ0) is 27.7. The number of thiazole rings is 1. The van der Waals surface area contributed by atoms with Crippen molar-refractivity contribution < 1.29 is 14.0 Å². The Labute approximate surface area is 229 Å². The van der Waals surface area contributed by atoms with E-state index in [2.05, 4.69) is 35.2 Å². The number of hydrogen-bond acceptors (Lipinski definition) is 5. The number of carbonyl (C=O) groups is 2. The topological polar surface area (TPSA) is 94.1 Å². The van der Waals surface area contributed by atoms with Gasteiger partial charge in [-0.15, -0.1) is 11.3 Å². The summed E-state index contributed by atoms with van der Waals surface area (Å²) < 4.78 is 15.1. The van der Waals surface area contributed by atoms with Gasteiger partial charge in [0.25, 0.3) is 5.91 Å². The molecule has 2 N–H and O–H groups in total. The summed E-state index contributed by atoms with van der Waals surface area (Å²) in [6.45, 7) is 5.83. The van der Waals surface area contributed by atoms with Crippen LogP contribution in [0.2, 0.25) is 0 Å². The molecular weight excluding hydrogens is 513 g/mol. The Bertz CT molecular complexity index is 1660. The van der Waals surface area contributed by atoms with Gasteiger partial charge in [0.05, 0.1) is 34.6 Å². The van der Waals surface area contributed by atoms with Gasteiger partial charge in [0.2, 0.25) is 5.91 Å². The van der Waals surface area contributed by atoms with Crippen molar-refractivity contribution in [3.63, 3.8) is 0 Å². The van der Waals surface area contributed by atoms with Crippen LogP contribution in [-0.2, 0) is 4.79 Å². The van der Waals surface area contributed by atoms with Gasteiger partial charge in [-0.1, -0.05) is 36.8 Å². The Hall–Kier alpha value is -4.37. The molecule has 5 aromatic rings. The highest BCUT2D eigenvalue weighted by atomic mass is 32.1. The van der Waals surface area contributed by atoms with E-state index in [4.69, 9.17) is 5.73 Å². The van der Waals surface area contributed by atoms with Crippen LogP contribution in [-0.4, -0.2) is 26.6 Å². The number of carbonyl (C=O) groups excluding carboxylic acids is 2. The van der Waals surface area contributed by atoms with Crippen LogP contribution in [0.4, 0.5) is 10.1 Å². The summed E-state index contributed by atoms with van der Waals surface area (Å²) in [5.41, 5.74) is 12.2. The van der Waals surface area contributed by atoms with Crippen LogP contribution in [0.15, 0.2) is 78.4 Å². The summed E-state index contributed by atoms with van der Waals surface area (Å²) >= 11 is 1.27. The molecular formula is C30H28FN5O2S. The molecule has 3 heterocycles. The SMILES string of the molecule is Cc1cccc([C@@H]2C[C@H](C)C(=O)N2c2ccc3c(cnn3-c3ccc(F)cc3)c2)c1.Cc1ncsc1C(N)=O. The number of aromatic nitrogens is 3. The first kappa shape index (κ1) is 26.2. The molecule has 3 aromatic carbocycles. The van der Waals surface area contributed by atoms with Gasteiger partial charge in [0, 0.05) is 17.0 Å². The average Bonchev–Trinajstić information content (AvgIpc) is 3.62. The number of primary amides is 1. The van der Waals surface area contributed by atoms with E-state index in [-0.39, 0.29) is 23.7 Å². The normalized spacial score (nSPS) is 16.8. The molecule has 1 aliphatic heterocycles. The molecule has 6 rings (SSSR count). The molecule has 2 amide bonds. The molecule has 0 radical (unpaired) electrons. The molecule has 0 unspecified atom stereocenters. The van der Waals surface area contributed by atoms with Crippen LogP contribution in [0.3, 0.4) is 0 Å². The van der Waals surface area contributed by atoms with Crippen LogP contribution < -0.4 is 10.6 Å². The Morgan fingerprint density at radius 3 is 2.44 bits per heavy atom. The number of fused-ring (bicyclic) bond motifs is 1. The highest BCUT2D eigenvalue weighted by Crippen LogP contribution is 2.40. The molecule has 9 heteroatoms. The van der Waals surface area contributed by atoms with Gasteiger partial charge in [-0.3, -0.25) is 9.59 Å². The average molecular weight is 542 g/mol. The van der Waals surface area contributed by atoms with Crippen LogP contribution in [0, 0.1) is 25.6 Å². The van der Waals surface area contributed by atoms with Gasteiger partial charge in [-0.2, -0.15) is 5.10 Å². The van der Waals surface area contributed by atoms with Crippen molar-refractivity contribution in [2.75, 3.05) is 4.90 Å². The van der Waals surface area contributed by atoms with E-state index in [1.807, 2.05) is 36.1 Å². The predicted octanol–water partition coefficient (Wildman–Crippen LogP) is 6.14. The molecule has 0 saturated carbocycles. The Balaban J connectivity index is 0.000000292. The fourth-order valence-corrected chi connectivity index (χ4v) is 5.55. The summed E-state index contributed by atoms with van der Waals surface area (Å²) in [4.78, 5) is 29.8. The number of halogens is 1. The van der Waals surface area contributed by atoms with Gasteiger partial charge >= 0.3 is 0 Å². The van der Waals surface area contributed by atoms with Crippen LogP contribution >= 0.6 is 11.3 Å². The summed E-state index contributed by atoms with van der Waals surface area (Å²) in [6.07, 6.45) is 2.59. The maximum absolute atomic E-state index is 13.3. The van der Waals surface area contributed by atoms with Gasteiger partial charge in [-0.05, 0) is 68.3 Å². The van der Waals surface area contributed by atoms with E-state index in [0.717, 1.165) is 34.3 Å². The van der Waals surface area contributed by atoms with Crippen LogP contribution in [0.5, 0.6) is 0 Å². The van der Waals surface area contributed by atoms with E-state index < -0.39 is 5.91 Å². The van der Waals surface area contributed by atoms with Crippen molar-refractivity contribution in [2.45, 2.75) is 33.2 Å². The van der Waals surface area contributed by atoms with Crippen molar-refractivity contribution >= 4 is 39.7 Å². The van der Waals surface area contributed by atoms with Crippen molar-refractivity contribution in [2.24, 2.45) is 11.7 Å². The molecule has 1 aliphatic rings. The second-order valence-corrected chi connectivity index (χ2v) is 10.5. The molecule has 39 heavy (non-hydrogen) atoms. The molecule has 7 nitrogen and oxygen atoms in total. The van der Waals surface area contributed by atoms with Crippen molar-refractivity contribution in [1.82, 2.24) is 14.8 Å². The highest BCUT2D eigenvalue weighted by molar-refractivity contribution is 7.11. The summed E-state index contributed by atoms with van der Waals surface area (Å²) in [6, 6.07) is 20.6. The number of hydrogen-bond donors (Lipinski definition) is 1. The fraction of sp³-hybridized carbons (Fsp3) is 0.200. The van der Waals surface area contributed by atoms with E-state index in [1.165, 1.54) is 29.0 Å². The third-order valence-corrected chi connectivity index (χ3v) is 7.79. The van der Waals surface area contributed by atoms with E-state index in [1.54, 1.807) is 35.4 Å². The van der Waals surface area contributed by atoms with E-state index in [0.29, 0.717) is 10.6 Å². The molecule has 1 saturated heterocycles. The zero-order valence-corrected chi connectivity index (χ0v) is 22.7. The number of benzene rings is 3. The summed E-state index contributed by atoms with van der Waals surface area (Å²) in [7, 11) is 0. The number of nitrogens with two attached hydrogens (primary N) is 1. The number of amides is 2. The van der Waals surface area contributed by atoms with Gasteiger partial charge < -0.3 is 10.6 Å². The third-order valence-electron chi connectivity index (χ3n) is 6.84. The number of aryl methyl sites for hydroxylation is 2. The van der Waals surface area contributed by atoms with Gasteiger partial charge in [0.1, 0.15) is 10.7 Å². The van der Waals surface area contributed by atoms with Crippen LogP contribution in [0.1, 0.15) is 45.9 Å². The van der Waals surface area contributed by atoms with E-state index >= 15 is 0 Å². The lowest BCUT2D eigenvalue weighted by Gasteiger charge is -2.25. The lowest BCUT2D eigenvalue weighted by Crippen LogP contribution is -2.28. The number of rotatable bonds is 4. The molecule has 0 aliphatic carbocycles. The standard InChI is InChI=1S/C25H22FN3O.C5H6N2OS/c1-16-4-3-5-18(12-16)24-13-17(2)25(30)28(24)22-10-11-23-19(14-22)15-27-29(23)21-8-6-20(26)7-9-21;1-3-4(5(6)8)9-2-7-3/h3-12,14-15,17,24H,13H2,1-2H3;2H,1H3,(H2,6,8)/t17-,24-;/m0./s1. The maximum Gasteiger partial charge on any atom is 0.260 e. The second-order valence-electron chi connectivity index (χ2n) is 9.68. The first-order chi connectivity index (χ1) is 18.7. The summed E-state index contributed by atoms with van der Waals surface area (Å²) in [5.74, 6) is -0.545. The van der Waals surface area contributed by atoms with E-state index in [9.17, 15) is 14.0 Å². The molecule has 1 fully saturated rings. The molecule has 0 spiro atoms. The lowest BCUT2D eigenvalue weighted by molar-refractivity contribution is -0.120. The Kier molecular flexibility index (Phi) is 7.26. The smallest absolute Gasteiger partial charge is 0.260 e. The lowest BCUT2D eigenvalue weighted by atomic mass is 9.99. The maximum atomic E-state index is 13.3. The highest BCUT2D eigenvalue weighted by Gasteiger charge is 2.38. The Morgan fingerprint density at radius 1 is 1.05 bits per heavy atom. The minimum atomic E-state index is -0.394. The minimum absolute atomic E-state index is 0.0202. The fourth-order valence-electron chi connectivity index (χ4n) is 4.90. The monoisotopic (exact) mass is 541 g/mol. The molecule has 0 bridgehead atoms. The largest absolute Gasteiger partial charge is 0.365 e. The molecule has 198 valence electrons. The predicted molar refractivity (Wildman–Crippen MR) is 152 cm³/mol. The zero-order valence-electron chi connectivity index (χ0n) is 21.8. The van der Waals surface area contributed by atoms with Crippen molar-refractivity contribution in [1.29, 1.82) is 0 Å². The quantitative estimate of drug-likeness (QED) is 0.296. The number of nitrogens with zero attached hydrogens (tertiary/aromatic N) is 4. The van der Waals surface area contributed by atoms with Gasteiger partial charge in [0.15, 0.2) is 0 Å². The molecule has 2 atom stereocenters. The van der Waals surface area contributed by atoms with Crippen molar-refractivity contribution in [3.8, 4) is 5.69 Å². The third kappa shape index (κ3) is 5.31.